The summed E-state index contributed by atoms with van der Waals surface area (Å²) in [6, 6.07) is 6.25. The summed E-state index contributed by atoms with van der Waals surface area (Å²) in [7, 11) is 0. The van der Waals surface area contributed by atoms with Gasteiger partial charge in [-0.3, -0.25) is 14.5 Å². The van der Waals surface area contributed by atoms with Crippen LogP contribution in [0.5, 0.6) is 0 Å². The van der Waals surface area contributed by atoms with E-state index in [2.05, 4.69) is 35.9 Å². The monoisotopic (exact) mass is 569 g/mol. The minimum Gasteiger partial charge on any atom is -0.353 e. The van der Waals surface area contributed by atoms with Crippen LogP contribution in [0.3, 0.4) is 0 Å². The highest BCUT2D eigenvalue weighted by Gasteiger charge is 2.30. The van der Waals surface area contributed by atoms with Gasteiger partial charge in [-0.25, -0.2) is 4.98 Å². The molecule has 1 amide bonds. The molecule has 0 spiro atoms. The molecule has 0 bridgehead atoms. The predicted octanol–water partition coefficient (Wildman–Crippen LogP) is 5.63. The molecule has 1 aliphatic carbocycles. The van der Waals surface area contributed by atoms with E-state index in [0.717, 1.165) is 71.9 Å². The lowest BCUT2D eigenvalue weighted by Gasteiger charge is -2.28. The smallest absolute Gasteiger partial charge is 0.224 e. The van der Waals surface area contributed by atoms with Gasteiger partial charge in [0.05, 0.1) is 21.1 Å². The highest BCUT2D eigenvalue weighted by Crippen LogP contribution is 2.31. The number of nitrogens with zero attached hydrogens (tertiary/aromatic N) is 2. The first-order valence-electron chi connectivity index (χ1n) is 14.5. The number of ketones is 2. The van der Waals surface area contributed by atoms with Crippen molar-refractivity contribution in [1.82, 2.24) is 15.2 Å². The van der Waals surface area contributed by atoms with Crippen LogP contribution in [0, 0.1) is 11.8 Å². The highest BCUT2D eigenvalue weighted by molar-refractivity contribution is 7.99. The van der Waals surface area contributed by atoms with E-state index in [1.165, 1.54) is 5.56 Å². The fraction of sp³-hybridized carbons (Fsp3) is 0.613. The van der Waals surface area contributed by atoms with Crippen LogP contribution < -0.4 is 5.32 Å². The summed E-state index contributed by atoms with van der Waals surface area (Å²) in [5.41, 5.74) is 2.89. The molecule has 2 atom stereocenters. The lowest BCUT2D eigenvalue weighted by atomic mass is 9.90. The Labute approximate surface area is 241 Å². The SMILES string of the molecule is C=C(CN1CCSCC1)C(=O)CC[C@@H](NC(=O)[C@@H](CC(C)=O)Cc1nc2ccc(CC)cc2s1)C1CCCC1. The van der Waals surface area contributed by atoms with E-state index in [1.54, 1.807) is 18.3 Å². The second-order valence-electron chi connectivity index (χ2n) is 11.2. The Morgan fingerprint density at radius 3 is 2.62 bits per heavy atom. The van der Waals surface area contributed by atoms with Crippen molar-refractivity contribution in [3.63, 3.8) is 0 Å². The zero-order chi connectivity index (χ0) is 27.8. The van der Waals surface area contributed by atoms with Gasteiger partial charge in [-0.2, -0.15) is 11.8 Å². The minimum absolute atomic E-state index is 0.00420. The number of thiazole rings is 1. The van der Waals surface area contributed by atoms with Crippen LogP contribution in [0.2, 0.25) is 0 Å². The summed E-state index contributed by atoms with van der Waals surface area (Å²) in [5.74, 6) is 2.15. The lowest BCUT2D eigenvalue weighted by Crippen LogP contribution is -2.44. The third kappa shape index (κ3) is 8.73. The molecule has 0 radical (unpaired) electrons. The van der Waals surface area contributed by atoms with Gasteiger partial charge in [0.2, 0.25) is 5.91 Å². The average molecular weight is 570 g/mol. The van der Waals surface area contributed by atoms with Crippen molar-refractivity contribution in [3.8, 4) is 0 Å². The molecule has 1 saturated carbocycles. The number of carbonyl (C=O) groups is 3. The number of thioether (sulfide) groups is 1. The van der Waals surface area contributed by atoms with E-state index in [1.807, 2.05) is 17.8 Å². The topological polar surface area (TPSA) is 79.4 Å². The van der Waals surface area contributed by atoms with E-state index in [0.29, 0.717) is 37.3 Å². The molecule has 2 fully saturated rings. The van der Waals surface area contributed by atoms with Crippen molar-refractivity contribution >= 4 is 50.8 Å². The van der Waals surface area contributed by atoms with Crippen LogP contribution >= 0.6 is 23.1 Å². The average Bonchev–Trinajstić information content (AvgIpc) is 3.60. The molecule has 1 N–H and O–H groups in total. The van der Waals surface area contributed by atoms with E-state index in [9.17, 15) is 14.4 Å². The zero-order valence-electron chi connectivity index (χ0n) is 23.5. The van der Waals surface area contributed by atoms with Gasteiger partial charge in [-0.05, 0) is 56.2 Å². The molecule has 1 aliphatic heterocycles. The summed E-state index contributed by atoms with van der Waals surface area (Å²) in [5, 5.41) is 4.19. The Morgan fingerprint density at radius 2 is 1.92 bits per heavy atom. The van der Waals surface area contributed by atoms with Gasteiger partial charge < -0.3 is 10.1 Å². The number of amides is 1. The van der Waals surface area contributed by atoms with Crippen LogP contribution in [0.1, 0.15) is 69.4 Å². The Morgan fingerprint density at radius 1 is 1.18 bits per heavy atom. The summed E-state index contributed by atoms with van der Waals surface area (Å²) < 4.78 is 1.12. The first-order valence-corrected chi connectivity index (χ1v) is 16.5. The molecule has 1 aromatic carbocycles. The molecule has 6 nitrogen and oxygen atoms in total. The number of aryl methyl sites for hydroxylation is 1. The third-order valence-corrected chi connectivity index (χ3v) is 10.1. The summed E-state index contributed by atoms with van der Waals surface area (Å²) in [6.07, 6.45) is 7.10. The summed E-state index contributed by atoms with van der Waals surface area (Å²) in [6.45, 7) is 10.4. The molecular formula is C31H43N3O3S2. The molecule has 2 aliphatic rings. The van der Waals surface area contributed by atoms with Crippen molar-refractivity contribution in [2.45, 2.75) is 77.7 Å². The van der Waals surface area contributed by atoms with Gasteiger partial charge in [0.25, 0.3) is 0 Å². The highest BCUT2D eigenvalue weighted by atomic mass is 32.2. The standard InChI is InChI=1S/C31H43N3O3S2/c1-4-23-9-10-27-29(18-23)39-30(32-27)19-25(17-22(3)35)31(37)33-26(24-7-5-6-8-24)11-12-28(36)21(2)20-34-13-15-38-16-14-34/h9-10,18,24-26H,2,4-8,11-17,19-20H2,1,3H3,(H,33,37)/t25-,26+/m0/s1. The Hall–Kier alpha value is -2.03. The van der Waals surface area contributed by atoms with Gasteiger partial charge in [0.15, 0.2) is 5.78 Å². The molecule has 4 rings (SSSR count). The number of carbonyl (C=O) groups excluding carboxylic acids is 3. The molecule has 2 heterocycles. The predicted molar refractivity (Wildman–Crippen MR) is 163 cm³/mol. The van der Waals surface area contributed by atoms with Crippen molar-refractivity contribution in [2.24, 2.45) is 11.8 Å². The fourth-order valence-electron chi connectivity index (χ4n) is 5.81. The van der Waals surface area contributed by atoms with Crippen molar-refractivity contribution in [2.75, 3.05) is 31.1 Å². The van der Waals surface area contributed by atoms with Crippen LogP contribution in [0.15, 0.2) is 30.4 Å². The van der Waals surface area contributed by atoms with Crippen molar-refractivity contribution < 1.29 is 14.4 Å². The van der Waals surface area contributed by atoms with Crippen LogP contribution in [0.4, 0.5) is 0 Å². The normalized spacial score (nSPS) is 18.2. The first kappa shape index (κ1) is 29.9. The van der Waals surface area contributed by atoms with E-state index in [4.69, 9.17) is 4.98 Å². The number of nitrogens with one attached hydrogen (secondary N) is 1. The maximum Gasteiger partial charge on any atom is 0.224 e. The number of hydrogen-bond acceptors (Lipinski definition) is 7. The Bertz CT molecular complexity index is 1170. The lowest BCUT2D eigenvalue weighted by molar-refractivity contribution is -0.129. The van der Waals surface area contributed by atoms with Crippen LogP contribution in [-0.4, -0.2) is 64.5 Å². The molecule has 1 aromatic heterocycles. The summed E-state index contributed by atoms with van der Waals surface area (Å²) in [4.78, 5) is 45.8. The number of fused-ring (bicyclic) bond motifs is 1. The number of benzene rings is 1. The van der Waals surface area contributed by atoms with Crippen molar-refractivity contribution in [3.05, 3.63) is 40.9 Å². The van der Waals surface area contributed by atoms with E-state index < -0.39 is 5.92 Å². The maximum absolute atomic E-state index is 13.6. The van der Waals surface area contributed by atoms with Gasteiger partial charge in [-0.1, -0.05) is 32.4 Å². The zero-order valence-corrected chi connectivity index (χ0v) is 25.1. The van der Waals surface area contributed by atoms with Crippen molar-refractivity contribution in [1.29, 1.82) is 0 Å². The first-order chi connectivity index (χ1) is 18.8. The molecule has 1 saturated heterocycles. The van der Waals surface area contributed by atoms with Gasteiger partial charge in [0.1, 0.15) is 5.78 Å². The molecule has 8 heteroatoms. The maximum atomic E-state index is 13.6. The fourth-order valence-corrected chi connectivity index (χ4v) is 7.90. The molecule has 212 valence electrons. The van der Waals surface area contributed by atoms with Gasteiger partial charge in [0, 0.05) is 62.0 Å². The number of Topliss-reactive ketones (excluding diaryl/α,β-unsaturated/α-hetero) is 2. The number of rotatable bonds is 14. The molecule has 2 aromatic rings. The van der Waals surface area contributed by atoms with Crippen LogP contribution in [0.25, 0.3) is 10.2 Å². The largest absolute Gasteiger partial charge is 0.353 e. The van der Waals surface area contributed by atoms with E-state index in [-0.39, 0.29) is 29.9 Å². The quantitative estimate of drug-likeness (QED) is 0.297. The molecule has 39 heavy (non-hydrogen) atoms. The summed E-state index contributed by atoms with van der Waals surface area (Å²) >= 11 is 3.57. The van der Waals surface area contributed by atoms with E-state index >= 15 is 0 Å². The van der Waals surface area contributed by atoms with Gasteiger partial charge >= 0.3 is 0 Å². The van der Waals surface area contributed by atoms with Gasteiger partial charge in [-0.15, -0.1) is 11.3 Å². The molecular weight excluding hydrogens is 526 g/mol. The second-order valence-corrected chi connectivity index (χ2v) is 13.5. The van der Waals surface area contributed by atoms with Crippen LogP contribution in [-0.2, 0) is 27.2 Å². The second kappa shape index (κ2) is 14.6. The third-order valence-electron chi connectivity index (χ3n) is 8.12. The Balaban J connectivity index is 1.40. The number of aromatic nitrogens is 1. The minimum atomic E-state index is -0.458. The molecule has 0 unspecified atom stereocenters. The Kier molecular flexibility index (Phi) is 11.2. The number of hydrogen-bond donors (Lipinski definition) is 1.